The molecule has 0 aliphatic carbocycles. The molecule has 0 unspecified atom stereocenters. The van der Waals surface area contributed by atoms with Gasteiger partial charge in [0, 0.05) is 12.1 Å². The van der Waals surface area contributed by atoms with Crippen molar-refractivity contribution in [3.63, 3.8) is 0 Å². The second-order valence-corrected chi connectivity index (χ2v) is 5.37. The molecule has 9 heteroatoms. The third-order valence-electron chi connectivity index (χ3n) is 3.70. The van der Waals surface area contributed by atoms with Crippen LogP contribution in [0, 0.1) is 17.0 Å². The number of aromatic nitrogens is 2. The second kappa shape index (κ2) is 7.01. The minimum atomic E-state index is -0.501. The van der Waals surface area contributed by atoms with Gasteiger partial charge in [-0.05, 0) is 31.2 Å². The number of benzene rings is 2. The summed E-state index contributed by atoms with van der Waals surface area (Å²) in [6, 6.07) is 12.7. The van der Waals surface area contributed by atoms with Crippen LogP contribution < -0.4 is 10.3 Å². The van der Waals surface area contributed by atoms with E-state index in [0.717, 1.165) is 0 Å². The van der Waals surface area contributed by atoms with E-state index >= 15 is 0 Å². The quantitative estimate of drug-likeness (QED) is 0.426. The molecule has 0 aliphatic heterocycles. The first-order valence-electron chi connectivity index (χ1n) is 7.62. The highest BCUT2D eigenvalue weighted by atomic mass is 16.6. The number of nitrogens with one attached hydrogen (secondary N) is 1. The Kier molecular flexibility index (Phi) is 4.61. The van der Waals surface area contributed by atoms with Gasteiger partial charge in [0.25, 0.3) is 11.2 Å². The number of nitrogens with zero attached hydrogens (tertiary/aromatic N) is 4. The molecule has 0 atom stereocenters. The molecule has 0 aliphatic rings. The third-order valence-corrected chi connectivity index (χ3v) is 3.70. The molecule has 0 amide bonds. The molecule has 9 nitrogen and oxygen atoms in total. The van der Waals surface area contributed by atoms with Crippen LogP contribution in [0.3, 0.4) is 0 Å². The largest absolute Gasteiger partial charge is 0.494 e. The van der Waals surface area contributed by atoms with E-state index in [0.29, 0.717) is 22.8 Å². The Morgan fingerprint density at radius 1 is 1.12 bits per heavy atom. The lowest BCUT2D eigenvalue weighted by Gasteiger charge is -2.01. The van der Waals surface area contributed by atoms with E-state index < -0.39 is 10.5 Å². The lowest BCUT2D eigenvalue weighted by Crippen LogP contribution is -2.13. The Hall–Kier alpha value is -3.75. The van der Waals surface area contributed by atoms with Gasteiger partial charge in [0.05, 0.1) is 23.4 Å². The summed E-state index contributed by atoms with van der Waals surface area (Å²) in [6.45, 7) is 1.69. The fourth-order valence-corrected chi connectivity index (χ4v) is 2.38. The minimum Gasteiger partial charge on any atom is -0.494 e. The maximum Gasteiger partial charge on any atom is 0.299 e. The lowest BCUT2D eigenvalue weighted by atomic mass is 10.3. The maximum atomic E-state index is 12.6. The fourth-order valence-electron chi connectivity index (χ4n) is 2.38. The summed E-state index contributed by atoms with van der Waals surface area (Å²) in [5, 5.41) is 21.8. The number of para-hydroxylation sites is 1. The first-order chi connectivity index (χ1) is 12.5. The van der Waals surface area contributed by atoms with Crippen molar-refractivity contribution >= 4 is 17.1 Å². The molecule has 3 rings (SSSR count). The molecule has 0 spiro atoms. The van der Waals surface area contributed by atoms with E-state index in [4.69, 9.17) is 4.74 Å². The lowest BCUT2D eigenvalue weighted by molar-refractivity contribution is -0.384. The van der Waals surface area contributed by atoms with Gasteiger partial charge in [0.2, 0.25) is 0 Å². The van der Waals surface area contributed by atoms with E-state index in [1.807, 2.05) is 0 Å². The number of nitro benzene ring substituents is 1. The van der Waals surface area contributed by atoms with E-state index in [2.05, 4.69) is 15.3 Å². The van der Waals surface area contributed by atoms with Crippen LogP contribution in [-0.2, 0) is 0 Å². The zero-order chi connectivity index (χ0) is 18.7. The van der Waals surface area contributed by atoms with Gasteiger partial charge in [-0.1, -0.05) is 12.1 Å². The summed E-state index contributed by atoms with van der Waals surface area (Å²) in [5.74, 6) is 0.542. The number of hydrogen-bond donors (Lipinski definition) is 1. The molecule has 3 aromatic rings. The van der Waals surface area contributed by atoms with E-state index in [9.17, 15) is 14.9 Å². The van der Waals surface area contributed by atoms with E-state index in [1.165, 1.54) is 36.1 Å². The van der Waals surface area contributed by atoms with Crippen molar-refractivity contribution in [2.24, 2.45) is 10.2 Å². The summed E-state index contributed by atoms with van der Waals surface area (Å²) >= 11 is 0. The monoisotopic (exact) mass is 353 g/mol. The smallest absolute Gasteiger partial charge is 0.299 e. The fraction of sp³-hybridized carbons (Fsp3) is 0.118. The SMILES string of the molecule is COc1ccccc1N=Nc1c(C)[nH]n(-c2ccc([N+](=O)[O-])cc2)c1=O. The highest BCUT2D eigenvalue weighted by Gasteiger charge is 2.13. The highest BCUT2D eigenvalue weighted by molar-refractivity contribution is 5.52. The number of azo groups is 1. The van der Waals surface area contributed by atoms with Gasteiger partial charge in [-0.3, -0.25) is 20.0 Å². The van der Waals surface area contributed by atoms with Crippen molar-refractivity contribution in [3.05, 3.63) is 74.7 Å². The van der Waals surface area contributed by atoms with Gasteiger partial charge in [0.15, 0.2) is 5.69 Å². The Morgan fingerprint density at radius 3 is 2.46 bits per heavy atom. The summed E-state index contributed by atoms with van der Waals surface area (Å²) < 4.78 is 6.46. The molecule has 26 heavy (non-hydrogen) atoms. The predicted molar refractivity (Wildman–Crippen MR) is 95.0 cm³/mol. The number of ether oxygens (including phenoxy) is 1. The molecule has 0 saturated heterocycles. The van der Waals surface area contributed by atoms with Crippen LogP contribution in [0.5, 0.6) is 5.75 Å². The maximum absolute atomic E-state index is 12.6. The average molecular weight is 353 g/mol. The van der Waals surface area contributed by atoms with Gasteiger partial charge in [-0.15, -0.1) is 10.2 Å². The average Bonchev–Trinajstić information content (AvgIpc) is 2.94. The van der Waals surface area contributed by atoms with E-state index in [1.54, 1.807) is 31.2 Å². The number of aromatic amines is 1. The molecule has 1 heterocycles. The summed E-state index contributed by atoms with van der Waals surface area (Å²) in [7, 11) is 1.53. The number of hydrogen-bond acceptors (Lipinski definition) is 6. The van der Waals surface area contributed by atoms with Crippen LogP contribution in [-0.4, -0.2) is 21.8 Å². The van der Waals surface area contributed by atoms with Crippen LogP contribution >= 0.6 is 0 Å². The Balaban J connectivity index is 1.97. The second-order valence-electron chi connectivity index (χ2n) is 5.37. The summed E-state index contributed by atoms with van der Waals surface area (Å²) in [4.78, 5) is 22.8. The van der Waals surface area contributed by atoms with E-state index in [-0.39, 0.29) is 11.4 Å². The topological polar surface area (TPSA) is 115 Å². The predicted octanol–water partition coefficient (Wildman–Crippen LogP) is 3.81. The Morgan fingerprint density at radius 2 is 1.81 bits per heavy atom. The number of nitro groups is 1. The zero-order valence-electron chi connectivity index (χ0n) is 14.0. The first-order valence-corrected chi connectivity index (χ1v) is 7.62. The molecular formula is C17H15N5O4. The van der Waals surface area contributed by atoms with Gasteiger partial charge in [0.1, 0.15) is 11.4 Å². The zero-order valence-corrected chi connectivity index (χ0v) is 14.0. The molecule has 2 aromatic carbocycles. The molecule has 0 radical (unpaired) electrons. The third kappa shape index (κ3) is 3.22. The molecule has 132 valence electrons. The molecule has 0 saturated carbocycles. The summed E-state index contributed by atoms with van der Waals surface area (Å²) in [5.41, 5.74) is 1.16. The first kappa shape index (κ1) is 17.1. The standard InChI is InChI=1S/C17H15N5O4/c1-11-16(19-18-14-5-3-4-6-15(14)26-2)17(23)21(20-11)12-7-9-13(10-8-12)22(24)25/h3-10,20H,1-2H3. The van der Waals surface area contributed by atoms with Crippen LogP contribution in [0.15, 0.2) is 63.6 Å². The van der Waals surface area contributed by atoms with Crippen LogP contribution in [0.25, 0.3) is 5.69 Å². The van der Waals surface area contributed by atoms with Crippen molar-refractivity contribution in [2.45, 2.75) is 6.92 Å². The molecule has 0 bridgehead atoms. The number of aryl methyl sites for hydroxylation is 1. The van der Waals surface area contributed by atoms with Crippen molar-refractivity contribution in [2.75, 3.05) is 7.11 Å². The van der Waals surface area contributed by atoms with Crippen molar-refractivity contribution in [1.29, 1.82) is 0 Å². The number of methoxy groups -OCH3 is 1. The summed E-state index contributed by atoms with van der Waals surface area (Å²) in [6.07, 6.45) is 0. The van der Waals surface area contributed by atoms with Gasteiger partial charge >= 0.3 is 0 Å². The normalized spacial score (nSPS) is 11.0. The van der Waals surface area contributed by atoms with Crippen LogP contribution in [0.2, 0.25) is 0 Å². The van der Waals surface area contributed by atoms with Crippen molar-refractivity contribution in [1.82, 2.24) is 9.78 Å². The Bertz CT molecular complexity index is 1030. The van der Waals surface area contributed by atoms with Crippen LogP contribution in [0.1, 0.15) is 5.69 Å². The molecule has 0 fully saturated rings. The number of rotatable bonds is 5. The van der Waals surface area contributed by atoms with Gasteiger partial charge in [-0.25, -0.2) is 4.68 Å². The highest BCUT2D eigenvalue weighted by Crippen LogP contribution is 2.28. The van der Waals surface area contributed by atoms with Gasteiger partial charge < -0.3 is 4.74 Å². The number of non-ortho nitro benzene ring substituents is 1. The van der Waals surface area contributed by atoms with Gasteiger partial charge in [-0.2, -0.15) is 0 Å². The van der Waals surface area contributed by atoms with Crippen molar-refractivity contribution in [3.8, 4) is 11.4 Å². The molecule has 1 N–H and O–H groups in total. The number of H-pyrrole nitrogens is 1. The Labute approximate surface area is 147 Å². The van der Waals surface area contributed by atoms with Crippen molar-refractivity contribution < 1.29 is 9.66 Å². The molecule has 1 aromatic heterocycles. The molecular weight excluding hydrogens is 338 g/mol. The minimum absolute atomic E-state index is 0.0545. The van der Waals surface area contributed by atoms with Crippen LogP contribution in [0.4, 0.5) is 17.1 Å².